The second-order valence-electron chi connectivity index (χ2n) is 2.89. The van der Waals surface area contributed by atoms with Gasteiger partial charge in [0.05, 0.1) is 11.3 Å². The van der Waals surface area contributed by atoms with Crippen LogP contribution in [-0.2, 0) is 5.98 Å². The van der Waals surface area contributed by atoms with E-state index in [1.165, 1.54) is 18.2 Å². The van der Waals surface area contributed by atoms with Gasteiger partial charge in [-0.1, -0.05) is 11.6 Å². The van der Waals surface area contributed by atoms with E-state index in [1.807, 2.05) is 0 Å². The van der Waals surface area contributed by atoms with Crippen LogP contribution in [0.3, 0.4) is 0 Å². The molecule has 4 nitrogen and oxygen atoms in total. The molecule has 14 heavy (non-hydrogen) atoms. The third-order valence-electron chi connectivity index (χ3n) is 1.87. The second kappa shape index (κ2) is 2.83. The Morgan fingerprint density at radius 3 is 2.93 bits per heavy atom. The first-order chi connectivity index (χ1) is 6.49. The van der Waals surface area contributed by atoms with Crippen molar-refractivity contribution < 1.29 is 14.3 Å². The molecule has 74 valence electrons. The van der Waals surface area contributed by atoms with Gasteiger partial charge in [-0.15, -0.1) is 0 Å². The van der Waals surface area contributed by atoms with Crippen molar-refractivity contribution in [3.8, 4) is 0 Å². The molecule has 1 aromatic rings. The number of amides is 2. The quantitative estimate of drug-likeness (QED) is 0.576. The molecular formula is C8H6ClFN2O2. The average Bonchev–Trinajstić information content (AvgIpc) is 2.05. The number of aliphatic hydroxyl groups is 1. The summed E-state index contributed by atoms with van der Waals surface area (Å²) in [6.07, 6.45) is 0. The number of anilines is 1. The lowest BCUT2D eigenvalue weighted by Gasteiger charge is -2.28. The summed E-state index contributed by atoms with van der Waals surface area (Å²) in [6.45, 7) is 0. The number of carbonyl (C=O) groups excluding carboxylic acids is 1. The third-order valence-corrected chi connectivity index (χ3v) is 2.10. The molecular weight excluding hydrogens is 211 g/mol. The van der Waals surface area contributed by atoms with Crippen LogP contribution in [0.25, 0.3) is 0 Å². The molecule has 2 amide bonds. The van der Waals surface area contributed by atoms with Crippen LogP contribution in [0.2, 0.25) is 5.02 Å². The summed E-state index contributed by atoms with van der Waals surface area (Å²) in [4.78, 5) is 10.9. The third kappa shape index (κ3) is 1.40. The Morgan fingerprint density at radius 1 is 1.50 bits per heavy atom. The van der Waals surface area contributed by atoms with Gasteiger partial charge in [-0.2, -0.15) is 4.39 Å². The van der Waals surface area contributed by atoms with E-state index in [-0.39, 0.29) is 16.3 Å². The predicted octanol–water partition coefficient (Wildman–Crippen LogP) is 1.55. The smallest absolute Gasteiger partial charge is 0.323 e. The van der Waals surface area contributed by atoms with Crippen LogP contribution in [0.1, 0.15) is 5.56 Å². The van der Waals surface area contributed by atoms with Crippen molar-refractivity contribution in [1.29, 1.82) is 0 Å². The summed E-state index contributed by atoms with van der Waals surface area (Å²) in [6, 6.07) is 3.34. The molecule has 2 rings (SSSR count). The highest BCUT2D eigenvalue weighted by Crippen LogP contribution is 2.32. The Balaban J connectivity index is 2.58. The van der Waals surface area contributed by atoms with Crippen LogP contribution in [0.5, 0.6) is 0 Å². The Morgan fingerprint density at radius 2 is 2.21 bits per heavy atom. The standard InChI is InChI=1S/C8H6ClFN2O2/c9-4-1-2-6-5(3-4)8(10,14)12-7(13)11-6/h1-3,14H,(H2,11,12,13). The van der Waals surface area contributed by atoms with Crippen LogP contribution in [0.4, 0.5) is 14.9 Å². The number of halogens is 2. The summed E-state index contributed by atoms with van der Waals surface area (Å²) < 4.78 is 13.4. The molecule has 1 aliphatic heterocycles. The van der Waals surface area contributed by atoms with Gasteiger partial charge in [0, 0.05) is 5.02 Å². The van der Waals surface area contributed by atoms with Crippen molar-refractivity contribution >= 4 is 23.3 Å². The maximum atomic E-state index is 13.4. The van der Waals surface area contributed by atoms with Gasteiger partial charge in [0.25, 0.3) is 0 Å². The lowest BCUT2D eigenvalue weighted by Crippen LogP contribution is -2.48. The largest absolute Gasteiger partial charge is 0.341 e. The van der Waals surface area contributed by atoms with Gasteiger partial charge in [-0.05, 0) is 18.2 Å². The summed E-state index contributed by atoms with van der Waals surface area (Å²) in [7, 11) is 0. The van der Waals surface area contributed by atoms with E-state index in [0.29, 0.717) is 0 Å². The molecule has 0 aliphatic carbocycles. The van der Waals surface area contributed by atoms with Crippen molar-refractivity contribution in [2.45, 2.75) is 5.98 Å². The van der Waals surface area contributed by atoms with E-state index in [4.69, 9.17) is 11.6 Å². The Bertz CT molecular complexity index is 408. The van der Waals surface area contributed by atoms with Crippen LogP contribution in [0, 0.1) is 0 Å². The molecule has 1 aromatic carbocycles. The van der Waals surface area contributed by atoms with E-state index in [0.717, 1.165) is 0 Å². The van der Waals surface area contributed by atoms with Crippen molar-refractivity contribution in [2.24, 2.45) is 0 Å². The van der Waals surface area contributed by atoms with Gasteiger partial charge in [-0.3, -0.25) is 5.32 Å². The molecule has 1 atom stereocenters. The van der Waals surface area contributed by atoms with Crippen LogP contribution in [-0.4, -0.2) is 11.1 Å². The highest BCUT2D eigenvalue weighted by Gasteiger charge is 2.37. The summed E-state index contributed by atoms with van der Waals surface area (Å²) in [5.41, 5.74) is 0.0905. The molecule has 6 heteroatoms. The van der Waals surface area contributed by atoms with Crippen LogP contribution in [0.15, 0.2) is 18.2 Å². The van der Waals surface area contributed by atoms with Crippen molar-refractivity contribution in [3.63, 3.8) is 0 Å². The first-order valence-electron chi connectivity index (χ1n) is 3.79. The van der Waals surface area contributed by atoms with E-state index >= 15 is 0 Å². The van der Waals surface area contributed by atoms with Crippen LogP contribution >= 0.6 is 11.6 Å². The Kier molecular flexibility index (Phi) is 1.87. The molecule has 0 saturated carbocycles. The fraction of sp³-hybridized carbons (Fsp3) is 0.125. The minimum atomic E-state index is -2.87. The van der Waals surface area contributed by atoms with Crippen molar-refractivity contribution in [3.05, 3.63) is 28.8 Å². The predicted molar refractivity (Wildman–Crippen MR) is 48.6 cm³/mol. The van der Waals surface area contributed by atoms with Gasteiger partial charge in [0.1, 0.15) is 0 Å². The molecule has 1 aliphatic rings. The number of rotatable bonds is 0. The fourth-order valence-electron chi connectivity index (χ4n) is 1.27. The molecule has 0 spiro atoms. The number of fused-ring (bicyclic) bond motifs is 1. The number of benzene rings is 1. The highest BCUT2D eigenvalue weighted by atomic mass is 35.5. The maximum Gasteiger partial charge on any atom is 0.323 e. The lowest BCUT2D eigenvalue weighted by atomic mass is 10.1. The maximum absolute atomic E-state index is 13.4. The van der Waals surface area contributed by atoms with E-state index in [2.05, 4.69) is 5.32 Å². The first-order valence-corrected chi connectivity index (χ1v) is 4.17. The molecule has 1 heterocycles. The number of nitrogens with one attached hydrogen (secondary N) is 2. The topological polar surface area (TPSA) is 61.4 Å². The van der Waals surface area contributed by atoms with Crippen molar-refractivity contribution in [2.75, 3.05) is 5.32 Å². The molecule has 1 unspecified atom stereocenters. The fourth-order valence-corrected chi connectivity index (χ4v) is 1.44. The molecule has 0 saturated heterocycles. The SMILES string of the molecule is O=C1Nc2ccc(Cl)cc2C(O)(F)N1. The molecule has 0 fully saturated rings. The molecule has 0 bridgehead atoms. The van der Waals surface area contributed by atoms with Crippen molar-refractivity contribution in [1.82, 2.24) is 5.32 Å². The van der Waals surface area contributed by atoms with E-state index in [9.17, 15) is 14.3 Å². The summed E-state index contributed by atoms with van der Waals surface area (Å²) in [5.74, 6) is -2.87. The number of carbonyl (C=O) groups is 1. The Labute approximate surface area is 83.7 Å². The highest BCUT2D eigenvalue weighted by molar-refractivity contribution is 6.30. The van der Waals surface area contributed by atoms with Gasteiger partial charge >= 0.3 is 12.0 Å². The van der Waals surface area contributed by atoms with Gasteiger partial charge in [0.2, 0.25) is 0 Å². The monoisotopic (exact) mass is 216 g/mol. The zero-order valence-electron chi connectivity index (χ0n) is 6.84. The molecule has 0 aromatic heterocycles. The van der Waals surface area contributed by atoms with Gasteiger partial charge in [0.15, 0.2) is 0 Å². The number of hydrogen-bond acceptors (Lipinski definition) is 2. The zero-order chi connectivity index (χ0) is 10.3. The van der Waals surface area contributed by atoms with E-state index < -0.39 is 12.0 Å². The second-order valence-corrected chi connectivity index (χ2v) is 3.33. The summed E-state index contributed by atoms with van der Waals surface area (Å²) in [5, 5.41) is 13.6. The average molecular weight is 217 g/mol. The molecule has 3 N–H and O–H groups in total. The van der Waals surface area contributed by atoms with E-state index in [1.54, 1.807) is 5.32 Å². The number of hydrogen-bond donors (Lipinski definition) is 3. The molecule has 0 radical (unpaired) electrons. The normalized spacial score (nSPS) is 24.9. The van der Waals surface area contributed by atoms with Gasteiger partial charge in [-0.25, -0.2) is 4.79 Å². The lowest BCUT2D eigenvalue weighted by molar-refractivity contribution is -0.114. The number of alkyl halides is 1. The van der Waals surface area contributed by atoms with Gasteiger partial charge < -0.3 is 10.4 Å². The summed E-state index contributed by atoms with van der Waals surface area (Å²) >= 11 is 5.62. The Hall–Kier alpha value is -1.33. The minimum absolute atomic E-state index is 0.107. The number of urea groups is 1. The zero-order valence-corrected chi connectivity index (χ0v) is 7.60. The van der Waals surface area contributed by atoms with Crippen LogP contribution < -0.4 is 10.6 Å². The minimum Gasteiger partial charge on any atom is -0.341 e. The first kappa shape index (κ1) is 9.23.